The molecule has 2 aliphatic rings. The van der Waals surface area contributed by atoms with Crippen molar-refractivity contribution in [2.45, 2.75) is 89.3 Å². The first-order valence-electron chi connectivity index (χ1n) is 11.7. The van der Waals surface area contributed by atoms with Gasteiger partial charge in [-0.05, 0) is 50.9 Å². The molecule has 2 fully saturated rings. The van der Waals surface area contributed by atoms with Gasteiger partial charge in [-0.2, -0.15) is 0 Å². The summed E-state index contributed by atoms with van der Waals surface area (Å²) in [5, 5.41) is 11.8. The number of hydrogen-bond acceptors (Lipinski definition) is 6. The number of nitrogens with one attached hydrogen (secondary N) is 2. The molecular weight excluding hydrogens is 436 g/mol. The lowest BCUT2D eigenvalue weighted by Gasteiger charge is -2.30. The van der Waals surface area contributed by atoms with Crippen molar-refractivity contribution in [3.8, 4) is 0 Å². The lowest BCUT2D eigenvalue weighted by atomic mass is 9.86. The van der Waals surface area contributed by atoms with Crippen LogP contribution in [0.4, 0.5) is 0 Å². The molecule has 1 aliphatic carbocycles. The molecule has 1 saturated heterocycles. The number of hydrogen-bond donors (Lipinski definition) is 4. The highest BCUT2D eigenvalue weighted by Crippen LogP contribution is 2.24. The van der Waals surface area contributed by atoms with Crippen LogP contribution in [0.2, 0.25) is 0 Å². The summed E-state index contributed by atoms with van der Waals surface area (Å²) in [6.45, 7) is 2.92. The smallest absolute Gasteiger partial charge is 0.320 e. The Morgan fingerprint density at radius 2 is 1.81 bits per heavy atom. The average Bonchev–Trinajstić information content (AvgIpc) is 3.21. The van der Waals surface area contributed by atoms with Crippen LogP contribution in [0.5, 0.6) is 0 Å². The molecule has 184 valence electrons. The Balaban J connectivity index is 2.01. The van der Waals surface area contributed by atoms with Gasteiger partial charge in [0.05, 0.1) is 0 Å². The summed E-state index contributed by atoms with van der Waals surface area (Å²) in [5.41, 5.74) is 5.93. The Kier molecular flexibility index (Phi) is 10.4. The van der Waals surface area contributed by atoms with Gasteiger partial charge in [-0.15, -0.1) is 0 Å². The van der Waals surface area contributed by atoms with Gasteiger partial charge in [0, 0.05) is 19.1 Å². The molecule has 1 aliphatic heterocycles. The number of aliphatic carboxylic acids is 1. The number of carboxylic acid groups (broad SMARTS) is 1. The van der Waals surface area contributed by atoms with Crippen molar-refractivity contribution in [1.29, 1.82) is 0 Å². The van der Waals surface area contributed by atoms with E-state index in [0.717, 1.165) is 38.5 Å². The van der Waals surface area contributed by atoms with E-state index in [-0.39, 0.29) is 18.4 Å². The van der Waals surface area contributed by atoms with Gasteiger partial charge < -0.3 is 21.1 Å². The molecule has 11 heteroatoms. The van der Waals surface area contributed by atoms with E-state index in [4.69, 9.17) is 10.8 Å². The van der Waals surface area contributed by atoms with E-state index in [1.807, 2.05) is 6.92 Å². The van der Waals surface area contributed by atoms with Gasteiger partial charge in [-0.3, -0.25) is 14.4 Å². The highest BCUT2D eigenvalue weighted by Gasteiger charge is 2.38. The zero-order valence-corrected chi connectivity index (χ0v) is 19.7. The number of likely N-dealkylation sites (tertiary alicyclic amines) is 1. The molecule has 0 aromatic heterocycles. The van der Waals surface area contributed by atoms with E-state index in [0.29, 0.717) is 38.3 Å². The quantitative estimate of drug-likeness (QED) is 0.301. The second-order valence-electron chi connectivity index (χ2n) is 9.03. The van der Waals surface area contributed by atoms with Gasteiger partial charge in [-0.25, -0.2) is 13.1 Å². The summed E-state index contributed by atoms with van der Waals surface area (Å²) >= 11 is 0. The van der Waals surface area contributed by atoms with E-state index in [2.05, 4.69) is 10.0 Å². The molecule has 0 spiro atoms. The molecule has 32 heavy (non-hydrogen) atoms. The fourth-order valence-electron chi connectivity index (χ4n) is 4.51. The molecule has 1 heterocycles. The summed E-state index contributed by atoms with van der Waals surface area (Å²) in [4.78, 5) is 38.4. The molecule has 0 aromatic rings. The van der Waals surface area contributed by atoms with E-state index < -0.39 is 39.7 Å². The maximum absolute atomic E-state index is 13.2. The van der Waals surface area contributed by atoms with Crippen molar-refractivity contribution in [3.63, 3.8) is 0 Å². The Labute approximate surface area is 190 Å². The summed E-state index contributed by atoms with van der Waals surface area (Å²) in [5.74, 6) is -2.88. The first-order chi connectivity index (χ1) is 15.1. The summed E-state index contributed by atoms with van der Waals surface area (Å²) in [6.07, 6.45) is 7.62. The molecule has 0 aromatic carbocycles. The van der Waals surface area contributed by atoms with E-state index in [1.54, 1.807) is 0 Å². The number of amides is 2. The summed E-state index contributed by atoms with van der Waals surface area (Å²) in [7, 11) is -4.17. The predicted molar refractivity (Wildman–Crippen MR) is 120 cm³/mol. The third-order valence-corrected chi connectivity index (χ3v) is 7.60. The highest BCUT2D eigenvalue weighted by molar-refractivity contribution is 7.90. The lowest BCUT2D eigenvalue weighted by molar-refractivity contribution is -0.140. The molecule has 0 unspecified atom stereocenters. The first-order valence-corrected chi connectivity index (χ1v) is 13.3. The maximum atomic E-state index is 13.2. The third-order valence-electron chi connectivity index (χ3n) is 6.32. The Bertz CT molecular complexity index is 751. The van der Waals surface area contributed by atoms with Crippen LogP contribution in [0.25, 0.3) is 0 Å². The van der Waals surface area contributed by atoms with Crippen LogP contribution < -0.4 is 15.8 Å². The van der Waals surface area contributed by atoms with E-state index in [1.165, 1.54) is 4.90 Å². The first kappa shape index (κ1) is 26.5. The molecule has 0 bridgehead atoms. The molecule has 1 saturated carbocycles. The predicted octanol–water partition coefficient (Wildman–Crippen LogP) is 0.564. The minimum absolute atomic E-state index is 0.216. The number of carbonyl (C=O) groups is 3. The van der Waals surface area contributed by atoms with Gasteiger partial charge in [0.2, 0.25) is 21.8 Å². The average molecular weight is 475 g/mol. The largest absolute Gasteiger partial charge is 0.480 e. The normalized spacial score (nSPS) is 24.8. The van der Waals surface area contributed by atoms with Crippen LogP contribution in [0.1, 0.15) is 71.1 Å². The molecule has 2 atom stereocenters. The van der Waals surface area contributed by atoms with Crippen LogP contribution in [0.3, 0.4) is 0 Å². The fourth-order valence-corrected chi connectivity index (χ4v) is 5.57. The van der Waals surface area contributed by atoms with Crippen LogP contribution in [-0.4, -0.2) is 73.2 Å². The fraction of sp³-hybridized carbons (Fsp3) is 0.857. The minimum atomic E-state index is -4.17. The van der Waals surface area contributed by atoms with Crippen molar-refractivity contribution in [3.05, 3.63) is 0 Å². The van der Waals surface area contributed by atoms with Gasteiger partial charge in [0.25, 0.3) is 0 Å². The monoisotopic (exact) mass is 474 g/mol. The minimum Gasteiger partial charge on any atom is -0.480 e. The van der Waals surface area contributed by atoms with Crippen molar-refractivity contribution in [2.75, 3.05) is 18.8 Å². The number of carboxylic acids is 1. The van der Waals surface area contributed by atoms with Crippen molar-refractivity contribution in [1.82, 2.24) is 14.9 Å². The molecule has 0 radical (unpaired) electrons. The second-order valence-corrected chi connectivity index (χ2v) is 10.8. The molecule has 2 rings (SSSR count). The standard InChI is InChI=1S/C21H38N4O6S/c1-2-3-4-6-17(24-32(30,31)14-19(26)27)21(29)25-12-5-7-18(25)20(28)23-13-15-8-10-16(22)11-9-15/h15-18,24H,2-14,22H2,1H3,(H,23,28)(H,26,27)/t15-,16-,17-,18+/m1/s1. The third kappa shape index (κ3) is 8.32. The summed E-state index contributed by atoms with van der Waals surface area (Å²) in [6, 6.07) is -1.47. The van der Waals surface area contributed by atoms with Crippen molar-refractivity contribution >= 4 is 27.8 Å². The van der Waals surface area contributed by atoms with Gasteiger partial charge in [0.1, 0.15) is 12.1 Å². The number of nitrogens with zero attached hydrogens (tertiary/aromatic N) is 1. The molecule has 5 N–H and O–H groups in total. The molecule has 10 nitrogen and oxygen atoms in total. The van der Waals surface area contributed by atoms with Crippen LogP contribution in [0, 0.1) is 5.92 Å². The SMILES string of the molecule is CCCCC[C@@H](NS(=O)(=O)CC(=O)O)C(=O)N1CCC[C@H]1C(=O)NC[C@H]1CC[C@H](N)CC1. The number of nitrogens with two attached hydrogens (primary N) is 1. The zero-order valence-electron chi connectivity index (χ0n) is 18.9. The Morgan fingerprint density at radius 3 is 2.44 bits per heavy atom. The van der Waals surface area contributed by atoms with Crippen LogP contribution >= 0.6 is 0 Å². The molecular formula is C21H38N4O6S. The highest BCUT2D eigenvalue weighted by atomic mass is 32.2. The molecule has 2 amide bonds. The lowest BCUT2D eigenvalue weighted by Crippen LogP contribution is -2.54. The van der Waals surface area contributed by atoms with Gasteiger partial charge in [-0.1, -0.05) is 26.2 Å². The van der Waals surface area contributed by atoms with Crippen LogP contribution in [-0.2, 0) is 24.4 Å². The number of sulfonamides is 1. The van der Waals surface area contributed by atoms with Crippen LogP contribution in [0.15, 0.2) is 0 Å². The Morgan fingerprint density at radius 1 is 1.12 bits per heavy atom. The second kappa shape index (κ2) is 12.5. The topological polar surface area (TPSA) is 159 Å². The number of rotatable bonds is 12. The van der Waals surface area contributed by atoms with Crippen molar-refractivity contribution < 1.29 is 27.9 Å². The van der Waals surface area contributed by atoms with Gasteiger partial charge in [0.15, 0.2) is 5.75 Å². The maximum Gasteiger partial charge on any atom is 0.320 e. The van der Waals surface area contributed by atoms with Crippen molar-refractivity contribution in [2.24, 2.45) is 11.7 Å². The van der Waals surface area contributed by atoms with E-state index >= 15 is 0 Å². The van der Waals surface area contributed by atoms with Gasteiger partial charge >= 0.3 is 5.97 Å². The number of unbranched alkanes of at least 4 members (excludes halogenated alkanes) is 2. The Hall–Kier alpha value is -1.72. The van der Waals surface area contributed by atoms with E-state index in [9.17, 15) is 22.8 Å². The number of carbonyl (C=O) groups excluding carboxylic acids is 2. The zero-order chi connectivity index (χ0) is 23.7. The summed E-state index contributed by atoms with van der Waals surface area (Å²) < 4.78 is 26.6.